The zero-order chi connectivity index (χ0) is 21.7. The Labute approximate surface area is 171 Å². The lowest BCUT2D eigenvalue weighted by molar-refractivity contribution is 0.0695. The number of rotatable bonds is 8. The lowest BCUT2D eigenvalue weighted by Gasteiger charge is -2.14. The van der Waals surface area contributed by atoms with Crippen molar-refractivity contribution in [1.82, 2.24) is 19.9 Å². The molecule has 0 fully saturated rings. The highest BCUT2D eigenvalue weighted by atomic mass is 16.5. The molecule has 2 heterocycles. The van der Waals surface area contributed by atoms with Crippen LogP contribution in [0.1, 0.15) is 10.4 Å². The Kier molecular flexibility index (Phi) is 6.11. The molecule has 3 rings (SSSR count). The second-order valence-corrected chi connectivity index (χ2v) is 5.60. The van der Waals surface area contributed by atoms with Crippen LogP contribution in [0.25, 0.3) is 11.1 Å². The van der Waals surface area contributed by atoms with Crippen LogP contribution in [0, 0.1) is 0 Å². The fourth-order valence-electron chi connectivity index (χ4n) is 2.59. The third-order valence-corrected chi connectivity index (χ3v) is 3.92. The molecule has 0 saturated heterocycles. The van der Waals surface area contributed by atoms with Crippen molar-refractivity contribution in [3.8, 4) is 46.5 Å². The molecule has 0 amide bonds. The highest BCUT2D eigenvalue weighted by molar-refractivity contribution is 5.99. The molecule has 1 aromatic carbocycles. The minimum absolute atomic E-state index is 0.00632. The van der Waals surface area contributed by atoms with Gasteiger partial charge in [0.05, 0.1) is 40.1 Å². The topological polar surface area (TPSA) is 135 Å². The van der Waals surface area contributed by atoms with E-state index in [1.807, 2.05) is 0 Å². The summed E-state index contributed by atoms with van der Waals surface area (Å²) in [5.41, 5.74) is 0.453. The van der Waals surface area contributed by atoms with Gasteiger partial charge in [-0.3, -0.25) is 0 Å². The number of hydrogen-bond donors (Lipinski definition) is 1. The van der Waals surface area contributed by atoms with Gasteiger partial charge < -0.3 is 28.8 Å². The van der Waals surface area contributed by atoms with Gasteiger partial charge in [-0.25, -0.2) is 9.78 Å². The Morgan fingerprint density at radius 1 is 0.867 bits per heavy atom. The number of hydrogen-bond acceptors (Lipinski definition) is 10. The van der Waals surface area contributed by atoms with Gasteiger partial charge in [-0.2, -0.15) is 15.0 Å². The van der Waals surface area contributed by atoms with Crippen molar-refractivity contribution in [3.05, 3.63) is 36.0 Å². The van der Waals surface area contributed by atoms with Crippen LogP contribution in [0.5, 0.6) is 35.4 Å². The number of nitrogens with zero attached hydrogens (tertiary/aromatic N) is 4. The molecule has 0 spiro atoms. The Hall–Kier alpha value is -4.15. The van der Waals surface area contributed by atoms with Crippen LogP contribution in [-0.2, 0) is 0 Å². The van der Waals surface area contributed by atoms with E-state index in [9.17, 15) is 9.90 Å². The van der Waals surface area contributed by atoms with Crippen molar-refractivity contribution < 1.29 is 33.6 Å². The summed E-state index contributed by atoms with van der Waals surface area (Å²) in [5.74, 6) is -0.729. The Morgan fingerprint density at radius 2 is 1.57 bits per heavy atom. The Bertz CT molecular complexity index is 1050. The van der Waals surface area contributed by atoms with Gasteiger partial charge in [-0.1, -0.05) is 12.1 Å². The standard InChI is InChI=1S/C19H18N4O7/c1-26-13-8-14(27-2)22-19(21-13)30-12-7-5-6-10(15(12)17(24)25)11-9-20-18(29-4)23-16(11)28-3/h5-9H,1-4H3,(H,24,25). The van der Waals surface area contributed by atoms with Gasteiger partial charge in [0.1, 0.15) is 11.3 Å². The maximum absolute atomic E-state index is 12.1. The summed E-state index contributed by atoms with van der Waals surface area (Å²) in [6.07, 6.45) is 1.40. The van der Waals surface area contributed by atoms with Gasteiger partial charge in [-0.15, -0.1) is 0 Å². The first-order valence-corrected chi connectivity index (χ1v) is 8.47. The van der Waals surface area contributed by atoms with Crippen LogP contribution in [-0.4, -0.2) is 59.5 Å². The lowest BCUT2D eigenvalue weighted by atomic mass is 10.0. The number of aromatic carboxylic acids is 1. The van der Waals surface area contributed by atoms with Gasteiger partial charge in [0.25, 0.3) is 0 Å². The number of methoxy groups -OCH3 is 4. The van der Waals surface area contributed by atoms with Crippen molar-refractivity contribution >= 4 is 5.97 Å². The van der Waals surface area contributed by atoms with Crippen molar-refractivity contribution in [2.24, 2.45) is 0 Å². The SMILES string of the molecule is COc1cc(OC)nc(Oc2cccc(-c3cnc(OC)nc3OC)c2C(=O)O)n1. The number of carbonyl (C=O) groups is 1. The zero-order valence-electron chi connectivity index (χ0n) is 16.6. The van der Waals surface area contributed by atoms with E-state index >= 15 is 0 Å². The van der Waals surface area contributed by atoms with E-state index < -0.39 is 5.97 Å². The molecule has 3 aromatic rings. The summed E-state index contributed by atoms with van der Waals surface area (Å²) in [4.78, 5) is 28.4. The summed E-state index contributed by atoms with van der Waals surface area (Å²) in [5, 5.41) is 9.88. The van der Waals surface area contributed by atoms with Crippen molar-refractivity contribution in [3.63, 3.8) is 0 Å². The molecule has 0 bridgehead atoms. The highest BCUT2D eigenvalue weighted by Gasteiger charge is 2.23. The fourth-order valence-corrected chi connectivity index (χ4v) is 2.59. The molecule has 0 aliphatic carbocycles. The van der Waals surface area contributed by atoms with Crippen LogP contribution >= 0.6 is 0 Å². The van der Waals surface area contributed by atoms with Crippen LogP contribution < -0.4 is 23.7 Å². The normalized spacial score (nSPS) is 10.3. The average Bonchev–Trinajstić information content (AvgIpc) is 2.77. The molecular weight excluding hydrogens is 396 g/mol. The predicted octanol–water partition coefficient (Wildman–Crippen LogP) is 2.46. The van der Waals surface area contributed by atoms with Crippen LogP contribution in [0.15, 0.2) is 30.5 Å². The van der Waals surface area contributed by atoms with Crippen molar-refractivity contribution in [1.29, 1.82) is 0 Å². The number of carboxylic acids is 1. The van der Waals surface area contributed by atoms with E-state index in [4.69, 9.17) is 23.7 Å². The molecule has 2 aromatic heterocycles. The van der Waals surface area contributed by atoms with Crippen molar-refractivity contribution in [2.75, 3.05) is 28.4 Å². The van der Waals surface area contributed by atoms with Crippen LogP contribution in [0.4, 0.5) is 0 Å². The second kappa shape index (κ2) is 8.90. The smallest absolute Gasteiger partial charge is 0.340 e. The summed E-state index contributed by atoms with van der Waals surface area (Å²) in [7, 11) is 5.66. The van der Waals surface area contributed by atoms with Gasteiger partial charge >= 0.3 is 18.0 Å². The molecule has 1 N–H and O–H groups in total. The van der Waals surface area contributed by atoms with E-state index in [0.717, 1.165) is 0 Å². The third kappa shape index (κ3) is 4.14. The molecule has 30 heavy (non-hydrogen) atoms. The molecule has 0 unspecified atom stereocenters. The van der Waals surface area contributed by atoms with E-state index in [1.165, 1.54) is 46.8 Å². The third-order valence-electron chi connectivity index (χ3n) is 3.92. The van der Waals surface area contributed by atoms with Crippen molar-refractivity contribution in [2.45, 2.75) is 0 Å². The predicted molar refractivity (Wildman–Crippen MR) is 103 cm³/mol. The molecular formula is C19H18N4O7. The number of benzene rings is 1. The second-order valence-electron chi connectivity index (χ2n) is 5.60. The van der Waals surface area contributed by atoms with E-state index in [0.29, 0.717) is 5.56 Å². The molecule has 0 atom stereocenters. The zero-order valence-corrected chi connectivity index (χ0v) is 16.6. The highest BCUT2D eigenvalue weighted by Crippen LogP contribution is 2.37. The number of ether oxygens (including phenoxy) is 5. The molecule has 0 aliphatic rings. The summed E-state index contributed by atoms with van der Waals surface area (Å²) in [6, 6.07) is 6.05. The van der Waals surface area contributed by atoms with E-state index in [2.05, 4.69) is 19.9 Å². The van der Waals surface area contributed by atoms with Gasteiger partial charge in [0, 0.05) is 11.8 Å². The molecule has 11 heteroatoms. The monoisotopic (exact) mass is 414 g/mol. The van der Waals surface area contributed by atoms with Gasteiger partial charge in [-0.05, 0) is 6.07 Å². The number of aromatic nitrogens is 4. The van der Waals surface area contributed by atoms with Crippen LogP contribution in [0.3, 0.4) is 0 Å². The Balaban J connectivity index is 2.12. The number of carboxylic acid groups (broad SMARTS) is 1. The largest absolute Gasteiger partial charge is 0.481 e. The minimum Gasteiger partial charge on any atom is -0.481 e. The maximum atomic E-state index is 12.1. The summed E-state index contributed by atoms with van der Waals surface area (Å²) in [6.45, 7) is 0. The van der Waals surface area contributed by atoms with E-state index in [1.54, 1.807) is 12.1 Å². The molecule has 11 nitrogen and oxygen atoms in total. The first kappa shape index (κ1) is 20.6. The fraction of sp³-hybridized carbons (Fsp3) is 0.211. The average molecular weight is 414 g/mol. The Morgan fingerprint density at radius 3 is 2.13 bits per heavy atom. The van der Waals surface area contributed by atoms with Gasteiger partial charge in [0.2, 0.25) is 17.6 Å². The quantitative estimate of drug-likeness (QED) is 0.582. The maximum Gasteiger partial charge on any atom is 0.340 e. The first-order chi connectivity index (χ1) is 14.5. The molecule has 0 saturated carbocycles. The minimum atomic E-state index is -1.24. The summed E-state index contributed by atoms with van der Waals surface area (Å²) >= 11 is 0. The molecule has 0 aliphatic heterocycles. The first-order valence-electron chi connectivity index (χ1n) is 8.47. The van der Waals surface area contributed by atoms with E-state index in [-0.39, 0.29) is 46.5 Å². The summed E-state index contributed by atoms with van der Waals surface area (Å²) < 4.78 is 26.1. The van der Waals surface area contributed by atoms with Crippen LogP contribution in [0.2, 0.25) is 0 Å². The molecule has 156 valence electrons. The van der Waals surface area contributed by atoms with Gasteiger partial charge in [0.15, 0.2) is 0 Å². The molecule has 0 radical (unpaired) electrons. The lowest BCUT2D eigenvalue weighted by Crippen LogP contribution is -2.06.